The molecule has 0 aliphatic carbocycles. The Bertz CT molecular complexity index is 285. The molecule has 0 aliphatic heterocycles. The number of rotatable bonds is 6. The number of carbonyl (C=O) groups excluding carboxylic acids is 1. The van der Waals surface area contributed by atoms with Gasteiger partial charge in [-0.2, -0.15) is 11.8 Å². The second-order valence-corrected chi connectivity index (χ2v) is 4.73. The van der Waals surface area contributed by atoms with E-state index in [9.17, 15) is 4.79 Å². The largest absolute Gasteiger partial charge is 0.459 e. The maximum Gasteiger partial charge on any atom is 0.287 e. The summed E-state index contributed by atoms with van der Waals surface area (Å²) in [5.74, 6) is 2.45. The number of nitrogens with one attached hydrogen (secondary N) is 1. The van der Waals surface area contributed by atoms with Crippen LogP contribution in [0.3, 0.4) is 0 Å². The molecule has 1 atom stereocenters. The van der Waals surface area contributed by atoms with Crippen LogP contribution in [0.15, 0.2) is 22.8 Å². The van der Waals surface area contributed by atoms with Gasteiger partial charge in [0.15, 0.2) is 5.76 Å². The molecule has 0 fully saturated rings. The average molecular weight is 227 g/mol. The standard InChI is InChI=1S/C11H17NO2S/c1-3-15-8-6-9(2)12-11(13)10-5-4-7-14-10/h4-5,7,9H,3,6,8H2,1-2H3,(H,12,13). The summed E-state index contributed by atoms with van der Waals surface area (Å²) in [7, 11) is 0. The van der Waals surface area contributed by atoms with Gasteiger partial charge in [-0.3, -0.25) is 4.79 Å². The molecule has 1 N–H and O–H groups in total. The van der Waals surface area contributed by atoms with Gasteiger partial charge in [0.2, 0.25) is 0 Å². The number of carbonyl (C=O) groups is 1. The molecule has 1 heterocycles. The van der Waals surface area contributed by atoms with Crippen molar-refractivity contribution in [3.63, 3.8) is 0 Å². The molecule has 0 aromatic carbocycles. The van der Waals surface area contributed by atoms with E-state index in [-0.39, 0.29) is 11.9 Å². The summed E-state index contributed by atoms with van der Waals surface area (Å²) >= 11 is 1.89. The Hall–Kier alpha value is -0.900. The first kappa shape index (κ1) is 12.2. The first-order valence-electron chi connectivity index (χ1n) is 5.16. The molecule has 0 bridgehead atoms. The number of thioether (sulfide) groups is 1. The van der Waals surface area contributed by atoms with Crippen molar-refractivity contribution in [3.8, 4) is 0 Å². The first-order valence-corrected chi connectivity index (χ1v) is 6.31. The molecule has 1 unspecified atom stereocenters. The van der Waals surface area contributed by atoms with E-state index in [0.717, 1.165) is 17.9 Å². The SMILES string of the molecule is CCSCCC(C)NC(=O)c1ccco1. The highest BCUT2D eigenvalue weighted by Crippen LogP contribution is 2.05. The van der Waals surface area contributed by atoms with Gasteiger partial charge >= 0.3 is 0 Å². The predicted molar refractivity (Wildman–Crippen MR) is 63.3 cm³/mol. The fourth-order valence-electron chi connectivity index (χ4n) is 1.18. The summed E-state index contributed by atoms with van der Waals surface area (Å²) < 4.78 is 5.00. The molecule has 0 aliphatic rings. The minimum Gasteiger partial charge on any atom is -0.459 e. The van der Waals surface area contributed by atoms with E-state index in [1.54, 1.807) is 12.1 Å². The van der Waals surface area contributed by atoms with Gasteiger partial charge in [0, 0.05) is 6.04 Å². The van der Waals surface area contributed by atoms with Crippen LogP contribution in [-0.4, -0.2) is 23.5 Å². The third-order valence-electron chi connectivity index (χ3n) is 2.02. The molecule has 0 saturated heterocycles. The average Bonchev–Trinajstić information content (AvgIpc) is 2.70. The lowest BCUT2D eigenvalue weighted by molar-refractivity contribution is 0.0911. The molecule has 0 spiro atoms. The molecule has 1 amide bonds. The highest BCUT2D eigenvalue weighted by Gasteiger charge is 2.11. The van der Waals surface area contributed by atoms with Gasteiger partial charge in [-0.25, -0.2) is 0 Å². The Labute approximate surface area is 94.6 Å². The van der Waals surface area contributed by atoms with Crippen LogP contribution in [0.25, 0.3) is 0 Å². The lowest BCUT2D eigenvalue weighted by Gasteiger charge is -2.11. The van der Waals surface area contributed by atoms with Gasteiger partial charge in [-0.05, 0) is 37.0 Å². The number of hydrogen-bond donors (Lipinski definition) is 1. The highest BCUT2D eigenvalue weighted by atomic mass is 32.2. The van der Waals surface area contributed by atoms with Gasteiger partial charge in [-0.1, -0.05) is 6.92 Å². The van der Waals surface area contributed by atoms with Crippen LogP contribution >= 0.6 is 11.8 Å². The summed E-state index contributed by atoms with van der Waals surface area (Å²) in [5, 5.41) is 2.90. The van der Waals surface area contributed by atoms with Crippen LogP contribution in [0, 0.1) is 0 Å². The van der Waals surface area contributed by atoms with Crippen LogP contribution in [0.4, 0.5) is 0 Å². The van der Waals surface area contributed by atoms with Gasteiger partial charge in [0.25, 0.3) is 5.91 Å². The zero-order valence-electron chi connectivity index (χ0n) is 9.16. The Morgan fingerprint density at radius 2 is 2.47 bits per heavy atom. The third-order valence-corrected chi connectivity index (χ3v) is 2.95. The van der Waals surface area contributed by atoms with E-state index >= 15 is 0 Å². The molecule has 1 rings (SSSR count). The van der Waals surface area contributed by atoms with Crippen molar-refractivity contribution < 1.29 is 9.21 Å². The molecule has 1 aromatic heterocycles. The van der Waals surface area contributed by atoms with Crippen molar-refractivity contribution >= 4 is 17.7 Å². The zero-order valence-corrected chi connectivity index (χ0v) is 9.97. The molecular formula is C11H17NO2S. The molecule has 0 saturated carbocycles. The summed E-state index contributed by atoms with van der Waals surface area (Å²) in [4.78, 5) is 11.5. The second kappa shape index (κ2) is 6.56. The zero-order chi connectivity index (χ0) is 11.1. The third kappa shape index (κ3) is 4.42. The maximum atomic E-state index is 11.5. The molecule has 3 nitrogen and oxygen atoms in total. The molecule has 1 aromatic rings. The lowest BCUT2D eigenvalue weighted by Crippen LogP contribution is -2.32. The van der Waals surface area contributed by atoms with Crippen LogP contribution in [0.2, 0.25) is 0 Å². The molecule has 84 valence electrons. The van der Waals surface area contributed by atoms with E-state index < -0.39 is 0 Å². The Morgan fingerprint density at radius 3 is 3.07 bits per heavy atom. The smallest absolute Gasteiger partial charge is 0.287 e. The number of amides is 1. The van der Waals surface area contributed by atoms with Gasteiger partial charge in [0.05, 0.1) is 6.26 Å². The first-order chi connectivity index (χ1) is 7.24. The monoisotopic (exact) mass is 227 g/mol. The predicted octanol–water partition coefficient (Wildman–Crippen LogP) is 2.54. The summed E-state index contributed by atoms with van der Waals surface area (Å²) in [5.41, 5.74) is 0. The van der Waals surface area contributed by atoms with Crippen LogP contribution in [-0.2, 0) is 0 Å². The lowest BCUT2D eigenvalue weighted by atomic mass is 10.2. The van der Waals surface area contributed by atoms with E-state index in [0.29, 0.717) is 5.76 Å². The van der Waals surface area contributed by atoms with Gasteiger partial charge in [-0.15, -0.1) is 0 Å². The molecule has 15 heavy (non-hydrogen) atoms. The molecular weight excluding hydrogens is 210 g/mol. The van der Waals surface area contributed by atoms with Gasteiger partial charge < -0.3 is 9.73 Å². The quantitative estimate of drug-likeness (QED) is 0.759. The van der Waals surface area contributed by atoms with Crippen molar-refractivity contribution in [1.82, 2.24) is 5.32 Å². The number of furan rings is 1. The van der Waals surface area contributed by atoms with Crippen molar-refractivity contribution in [1.29, 1.82) is 0 Å². The van der Waals surface area contributed by atoms with E-state index in [1.807, 2.05) is 18.7 Å². The second-order valence-electron chi connectivity index (χ2n) is 3.34. The summed E-state index contributed by atoms with van der Waals surface area (Å²) in [6.07, 6.45) is 2.50. The van der Waals surface area contributed by atoms with Crippen LogP contribution in [0.5, 0.6) is 0 Å². The fourth-order valence-corrected chi connectivity index (χ4v) is 1.99. The highest BCUT2D eigenvalue weighted by molar-refractivity contribution is 7.99. The maximum absolute atomic E-state index is 11.5. The Balaban J connectivity index is 2.26. The number of hydrogen-bond acceptors (Lipinski definition) is 3. The van der Waals surface area contributed by atoms with Crippen molar-refractivity contribution in [2.45, 2.75) is 26.3 Å². The minimum atomic E-state index is -0.131. The van der Waals surface area contributed by atoms with Crippen molar-refractivity contribution in [3.05, 3.63) is 24.2 Å². The van der Waals surface area contributed by atoms with Crippen LogP contribution in [0.1, 0.15) is 30.8 Å². The molecule has 0 radical (unpaired) electrons. The van der Waals surface area contributed by atoms with Crippen molar-refractivity contribution in [2.24, 2.45) is 0 Å². The van der Waals surface area contributed by atoms with E-state index in [4.69, 9.17) is 4.42 Å². The van der Waals surface area contributed by atoms with E-state index in [1.165, 1.54) is 6.26 Å². The summed E-state index contributed by atoms with van der Waals surface area (Å²) in [6, 6.07) is 3.58. The van der Waals surface area contributed by atoms with Gasteiger partial charge in [0.1, 0.15) is 0 Å². The van der Waals surface area contributed by atoms with Crippen LogP contribution < -0.4 is 5.32 Å². The Kier molecular flexibility index (Phi) is 5.32. The normalized spacial score (nSPS) is 12.4. The molecule has 4 heteroatoms. The topological polar surface area (TPSA) is 42.2 Å². The van der Waals surface area contributed by atoms with E-state index in [2.05, 4.69) is 12.2 Å². The van der Waals surface area contributed by atoms with Crippen molar-refractivity contribution in [2.75, 3.05) is 11.5 Å². The Morgan fingerprint density at radius 1 is 1.67 bits per heavy atom. The summed E-state index contributed by atoms with van der Waals surface area (Å²) in [6.45, 7) is 4.15. The minimum absolute atomic E-state index is 0.131. The fraction of sp³-hybridized carbons (Fsp3) is 0.545.